The average Bonchev–Trinajstić information content (AvgIpc) is 2.61. The van der Waals surface area contributed by atoms with E-state index in [0.29, 0.717) is 6.42 Å². The van der Waals surface area contributed by atoms with E-state index in [2.05, 4.69) is 6.92 Å². The fourth-order valence-corrected chi connectivity index (χ4v) is 3.24. The van der Waals surface area contributed by atoms with Crippen LogP contribution < -0.4 is 0 Å². The molecular formula is C22H43FO3. The smallest absolute Gasteiger partial charge is 0.308 e. The van der Waals surface area contributed by atoms with E-state index in [-0.39, 0.29) is 13.0 Å². The summed E-state index contributed by atoms with van der Waals surface area (Å²) in [5.41, 5.74) is 0. The SMILES string of the molecule is CCCCCCCCCCCCCCCCC(F)C(O)CC(=O)OCC. The van der Waals surface area contributed by atoms with Crippen LogP contribution in [-0.2, 0) is 9.53 Å². The Balaban J connectivity index is 3.31. The number of ether oxygens (including phenoxy) is 1. The summed E-state index contributed by atoms with van der Waals surface area (Å²) in [6.45, 7) is 4.22. The van der Waals surface area contributed by atoms with Gasteiger partial charge in [0.05, 0.1) is 19.1 Å². The molecule has 0 aromatic heterocycles. The third kappa shape index (κ3) is 16.8. The van der Waals surface area contributed by atoms with Crippen molar-refractivity contribution in [2.24, 2.45) is 0 Å². The maximum absolute atomic E-state index is 13.8. The maximum Gasteiger partial charge on any atom is 0.308 e. The lowest BCUT2D eigenvalue weighted by atomic mass is 10.0. The van der Waals surface area contributed by atoms with E-state index in [1.807, 2.05) is 0 Å². The Hall–Kier alpha value is -0.640. The van der Waals surface area contributed by atoms with Gasteiger partial charge in [0.2, 0.25) is 0 Å². The Bertz CT molecular complexity index is 310. The minimum absolute atomic E-state index is 0.242. The predicted molar refractivity (Wildman–Crippen MR) is 107 cm³/mol. The minimum atomic E-state index is -1.32. The van der Waals surface area contributed by atoms with Crippen molar-refractivity contribution in [3.05, 3.63) is 0 Å². The number of halogens is 1. The second-order valence-corrected chi connectivity index (χ2v) is 7.48. The van der Waals surface area contributed by atoms with Gasteiger partial charge in [0.25, 0.3) is 0 Å². The monoisotopic (exact) mass is 374 g/mol. The number of rotatable bonds is 19. The molecule has 3 nitrogen and oxygen atoms in total. The van der Waals surface area contributed by atoms with Crippen LogP contribution in [0.4, 0.5) is 4.39 Å². The lowest BCUT2D eigenvalue weighted by Crippen LogP contribution is -2.26. The summed E-state index contributed by atoms with van der Waals surface area (Å²) in [7, 11) is 0. The molecule has 0 aliphatic carbocycles. The van der Waals surface area contributed by atoms with E-state index in [0.717, 1.165) is 19.3 Å². The molecule has 0 aromatic rings. The van der Waals surface area contributed by atoms with Crippen molar-refractivity contribution in [3.63, 3.8) is 0 Å². The second-order valence-electron chi connectivity index (χ2n) is 7.48. The molecule has 1 N–H and O–H groups in total. The molecule has 0 aliphatic rings. The minimum Gasteiger partial charge on any atom is -0.466 e. The Morgan fingerprint density at radius 3 is 1.65 bits per heavy atom. The number of carbonyl (C=O) groups is 1. The van der Waals surface area contributed by atoms with Crippen molar-refractivity contribution in [2.45, 2.75) is 129 Å². The van der Waals surface area contributed by atoms with Crippen molar-refractivity contribution in [1.29, 1.82) is 0 Å². The van der Waals surface area contributed by atoms with Gasteiger partial charge in [-0.15, -0.1) is 0 Å². The lowest BCUT2D eigenvalue weighted by molar-refractivity contribution is -0.146. The molecule has 0 radical (unpaired) electrons. The first-order valence-corrected chi connectivity index (χ1v) is 11.1. The summed E-state index contributed by atoms with van der Waals surface area (Å²) < 4.78 is 18.5. The molecule has 0 bridgehead atoms. The Labute approximate surface area is 161 Å². The van der Waals surface area contributed by atoms with Crippen LogP contribution in [0.5, 0.6) is 0 Å². The number of alkyl halides is 1. The lowest BCUT2D eigenvalue weighted by Gasteiger charge is -2.14. The summed E-state index contributed by atoms with van der Waals surface area (Å²) in [6.07, 6.45) is 15.3. The number of hydrogen-bond acceptors (Lipinski definition) is 3. The van der Waals surface area contributed by atoms with Crippen molar-refractivity contribution < 1.29 is 19.0 Å². The number of aliphatic hydroxyl groups excluding tert-OH is 1. The number of unbranched alkanes of at least 4 members (excludes halogenated alkanes) is 13. The van der Waals surface area contributed by atoms with Crippen LogP contribution in [0.25, 0.3) is 0 Å². The molecule has 0 aliphatic heterocycles. The first-order valence-electron chi connectivity index (χ1n) is 11.1. The van der Waals surface area contributed by atoms with Gasteiger partial charge in [-0.25, -0.2) is 4.39 Å². The summed E-state index contributed by atoms with van der Waals surface area (Å²) in [5, 5.41) is 9.64. The highest BCUT2D eigenvalue weighted by Crippen LogP contribution is 2.16. The highest BCUT2D eigenvalue weighted by molar-refractivity contribution is 5.69. The third-order valence-electron chi connectivity index (χ3n) is 4.93. The number of esters is 1. The van der Waals surface area contributed by atoms with Crippen LogP contribution in [0.2, 0.25) is 0 Å². The number of hydrogen-bond donors (Lipinski definition) is 1. The molecule has 2 unspecified atom stereocenters. The van der Waals surface area contributed by atoms with Gasteiger partial charge in [0.15, 0.2) is 0 Å². The first-order chi connectivity index (χ1) is 12.6. The molecule has 156 valence electrons. The van der Waals surface area contributed by atoms with Crippen LogP contribution in [0.15, 0.2) is 0 Å². The van der Waals surface area contributed by atoms with E-state index in [1.54, 1.807) is 6.92 Å². The zero-order valence-corrected chi connectivity index (χ0v) is 17.3. The van der Waals surface area contributed by atoms with Gasteiger partial charge >= 0.3 is 5.97 Å². The van der Waals surface area contributed by atoms with Crippen molar-refractivity contribution in [2.75, 3.05) is 6.61 Å². The summed E-state index contributed by atoms with van der Waals surface area (Å²) in [4.78, 5) is 11.2. The van der Waals surface area contributed by atoms with Crippen molar-refractivity contribution in [3.8, 4) is 0 Å². The summed E-state index contributed by atoms with van der Waals surface area (Å²) >= 11 is 0. The van der Waals surface area contributed by atoms with Gasteiger partial charge in [-0.3, -0.25) is 4.79 Å². The van der Waals surface area contributed by atoms with Gasteiger partial charge in [-0.05, 0) is 13.3 Å². The van der Waals surface area contributed by atoms with Crippen molar-refractivity contribution in [1.82, 2.24) is 0 Å². The van der Waals surface area contributed by atoms with E-state index >= 15 is 0 Å². The van der Waals surface area contributed by atoms with E-state index in [4.69, 9.17) is 4.74 Å². The summed E-state index contributed by atoms with van der Waals surface area (Å²) in [5.74, 6) is -0.524. The highest BCUT2D eigenvalue weighted by atomic mass is 19.1. The van der Waals surface area contributed by atoms with Gasteiger partial charge in [-0.2, -0.15) is 0 Å². The predicted octanol–water partition coefficient (Wildman–Crippen LogP) is 6.51. The number of aliphatic hydroxyl groups is 1. The molecule has 0 spiro atoms. The van der Waals surface area contributed by atoms with Gasteiger partial charge in [0.1, 0.15) is 6.17 Å². The third-order valence-corrected chi connectivity index (χ3v) is 4.93. The fourth-order valence-electron chi connectivity index (χ4n) is 3.24. The first kappa shape index (κ1) is 25.4. The molecule has 2 atom stereocenters. The molecule has 0 saturated carbocycles. The molecular weight excluding hydrogens is 331 g/mol. The normalized spacial score (nSPS) is 13.5. The standard InChI is InChI=1S/C22H43FO3/c1-3-5-6-7-8-9-10-11-12-13-14-15-16-17-18-20(23)21(24)19-22(25)26-4-2/h20-21,24H,3-19H2,1-2H3. The highest BCUT2D eigenvalue weighted by Gasteiger charge is 2.21. The Morgan fingerprint density at radius 2 is 1.23 bits per heavy atom. The molecule has 26 heavy (non-hydrogen) atoms. The molecule has 0 rings (SSSR count). The zero-order valence-electron chi connectivity index (χ0n) is 17.3. The molecule has 0 aromatic carbocycles. The van der Waals surface area contributed by atoms with Gasteiger partial charge < -0.3 is 9.84 Å². The number of carbonyl (C=O) groups excluding carboxylic acids is 1. The van der Waals surface area contributed by atoms with Crippen LogP contribution in [-0.4, -0.2) is 30.0 Å². The van der Waals surface area contributed by atoms with E-state index in [1.165, 1.54) is 70.6 Å². The summed E-state index contributed by atoms with van der Waals surface area (Å²) in [6, 6.07) is 0. The average molecular weight is 375 g/mol. The molecule has 0 heterocycles. The maximum atomic E-state index is 13.8. The molecule has 4 heteroatoms. The molecule has 0 fully saturated rings. The second kappa shape index (κ2) is 19.1. The Morgan fingerprint density at radius 1 is 0.808 bits per heavy atom. The van der Waals surface area contributed by atoms with Crippen LogP contribution in [0.1, 0.15) is 117 Å². The van der Waals surface area contributed by atoms with Gasteiger partial charge in [0, 0.05) is 0 Å². The zero-order chi connectivity index (χ0) is 19.5. The molecule has 0 saturated heterocycles. The van der Waals surface area contributed by atoms with Crippen LogP contribution >= 0.6 is 0 Å². The van der Waals surface area contributed by atoms with Gasteiger partial charge in [-0.1, -0.05) is 96.8 Å². The Kier molecular flexibility index (Phi) is 18.7. The quantitative estimate of drug-likeness (QED) is 0.207. The molecule has 0 amide bonds. The fraction of sp³-hybridized carbons (Fsp3) is 0.955. The van der Waals surface area contributed by atoms with E-state index in [9.17, 15) is 14.3 Å². The van der Waals surface area contributed by atoms with Crippen LogP contribution in [0, 0.1) is 0 Å². The van der Waals surface area contributed by atoms with Crippen molar-refractivity contribution >= 4 is 5.97 Å². The largest absolute Gasteiger partial charge is 0.466 e. The van der Waals surface area contributed by atoms with Crippen LogP contribution in [0.3, 0.4) is 0 Å². The van der Waals surface area contributed by atoms with E-state index < -0.39 is 18.2 Å². The topological polar surface area (TPSA) is 46.5 Å².